The summed E-state index contributed by atoms with van der Waals surface area (Å²) in [6, 6.07) is 16.8. The maximum Gasteiger partial charge on any atom is 0.338 e. The Morgan fingerprint density at radius 3 is 2.58 bits per heavy atom. The quantitative estimate of drug-likeness (QED) is 0.495. The molecule has 6 heteroatoms. The van der Waals surface area contributed by atoms with Gasteiger partial charge in [-0.25, -0.2) is 0 Å². The normalized spacial score (nSPS) is 10.9. The number of para-hydroxylation sites is 1. The average molecular weight is 322 g/mol. The number of hydrogen-bond donors (Lipinski definition) is 0. The second kappa shape index (κ2) is 6.78. The van der Waals surface area contributed by atoms with Gasteiger partial charge in [0.05, 0.1) is 4.92 Å². The largest absolute Gasteiger partial charge is 0.457 e. The van der Waals surface area contributed by atoms with Gasteiger partial charge in [-0.05, 0) is 35.9 Å². The molecule has 0 amide bonds. The van der Waals surface area contributed by atoms with E-state index in [2.05, 4.69) is 5.16 Å². The molecule has 0 aliphatic carbocycles. The van der Waals surface area contributed by atoms with Gasteiger partial charge in [-0.2, -0.15) is 0 Å². The monoisotopic (exact) mass is 322 g/mol. The molecule has 3 rings (SSSR count). The van der Waals surface area contributed by atoms with E-state index in [1.807, 2.05) is 54.6 Å². The van der Waals surface area contributed by atoms with Gasteiger partial charge in [0.2, 0.25) is 5.76 Å². The van der Waals surface area contributed by atoms with Crippen LogP contribution in [-0.2, 0) is 0 Å². The molecular weight excluding hydrogens is 308 g/mol. The first-order chi connectivity index (χ1) is 11.6. The molecule has 1 heterocycles. The molecule has 0 saturated heterocycles. The van der Waals surface area contributed by atoms with E-state index in [0.717, 1.165) is 11.3 Å². The lowest BCUT2D eigenvalue weighted by molar-refractivity contribution is -0.386. The first-order valence-electron chi connectivity index (χ1n) is 7.25. The van der Waals surface area contributed by atoms with Gasteiger partial charge in [0, 0.05) is 6.92 Å². The first kappa shape index (κ1) is 15.5. The van der Waals surface area contributed by atoms with Gasteiger partial charge in [-0.15, -0.1) is 0 Å². The molecule has 3 aromatic rings. The smallest absolute Gasteiger partial charge is 0.338 e. The zero-order valence-corrected chi connectivity index (χ0v) is 12.9. The van der Waals surface area contributed by atoms with Crippen LogP contribution < -0.4 is 4.74 Å². The fourth-order valence-electron chi connectivity index (χ4n) is 2.20. The van der Waals surface area contributed by atoms with Gasteiger partial charge in [0.1, 0.15) is 11.5 Å². The molecule has 0 aliphatic rings. The molecule has 0 fully saturated rings. The van der Waals surface area contributed by atoms with Crippen molar-refractivity contribution >= 4 is 17.8 Å². The van der Waals surface area contributed by atoms with E-state index in [-0.39, 0.29) is 17.1 Å². The number of rotatable bonds is 5. The summed E-state index contributed by atoms with van der Waals surface area (Å²) in [7, 11) is 0. The lowest BCUT2D eigenvalue weighted by Crippen LogP contribution is -1.90. The Hall–Kier alpha value is -3.41. The minimum absolute atomic E-state index is 0.122. The third-order valence-electron chi connectivity index (χ3n) is 3.31. The predicted octanol–water partition coefficient (Wildman–Crippen LogP) is 4.85. The van der Waals surface area contributed by atoms with E-state index in [1.54, 1.807) is 12.2 Å². The van der Waals surface area contributed by atoms with Crippen LogP contribution in [0.2, 0.25) is 0 Å². The standard InChI is InChI=1S/C18H14N2O4/c1-13-18(20(21)22)17(19-24-13)11-10-14-6-5-9-16(12-14)23-15-7-3-2-4-8-15/h2-12H,1H3. The highest BCUT2D eigenvalue weighted by atomic mass is 16.6. The van der Waals surface area contributed by atoms with Crippen LogP contribution in [0.4, 0.5) is 5.69 Å². The molecule has 0 spiro atoms. The highest BCUT2D eigenvalue weighted by Crippen LogP contribution is 2.26. The topological polar surface area (TPSA) is 78.4 Å². The predicted molar refractivity (Wildman–Crippen MR) is 89.8 cm³/mol. The fraction of sp³-hybridized carbons (Fsp3) is 0.0556. The molecule has 0 bridgehead atoms. The van der Waals surface area contributed by atoms with E-state index in [1.165, 1.54) is 6.92 Å². The minimum Gasteiger partial charge on any atom is -0.457 e. The van der Waals surface area contributed by atoms with E-state index in [4.69, 9.17) is 9.26 Å². The van der Waals surface area contributed by atoms with E-state index >= 15 is 0 Å². The van der Waals surface area contributed by atoms with Crippen molar-refractivity contribution in [1.29, 1.82) is 0 Å². The van der Waals surface area contributed by atoms with E-state index in [9.17, 15) is 10.1 Å². The Bertz CT molecular complexity index is 885. The lowest BCUT2D eigenvalue weighted by Gasteiger charge is -2.05. The Morgan fingerprint density at radius 1 is 1.08 bits per heavy atom. The zero-order valence-electron chi connectivity index (χ0n) is 12.9. The molecule has 0 radical (unpaired) electrons. The van der Waals surface area contributed by atoms with Crippen LogP contribution in [0, 0.1) is 17.0 Å². The van der Waals surface area contributed by atoms with Gasteiger partial charge in [-0.1, -0.05) is 41.6 Å². The first-order valence-corrected chi connectivity index (χ1v) is 7.25. The summed E-state index contributed by atoms with van der Waals surface area (Å²) >= 11 is 0. The molecule has 2 aromatic carbocycles. The van der Waals surface area contributed by atoms with Crippen LogP contribution >= 0.6 is 0 Å². The van der Waals surface area contributed by atoms with Crippen molar-refractivity contribution in [2.45, 2.75) is 6.92 Å². The van der Waals surface area contributed by atoms with Crippen LogP contribution in [0.15, 0.2) is 59.1 Å². The van der Waals surface area contributed by atoms with Gasteiger partial charge >= 0.3 is 5.69 Å². The SMILES string of the molecule is Cc1onc(C=Cc2cccc(Oc3ccccc3)c2)c1[N+](=O)[O-]. The second-order valence-corrected chi connectivity index (χ2v) is 5.05. The van der Waals surface area contributed by atoms with Crippen molar-refractivity contribution in [2.75, 3.05) is 0 Å². The van der Waals surface area contributed by atoms with Gasteiger partial charge in [-0.3, -0.25) is 10.1 Å². The van der Waals surface area contributed by atoms with Crippen molar-refractivity contribution in [3.8, 4) is 11.5 Å². The minimum atomic E-state index is -0.500. The highest BCUT2D eigenvalue weighted by Gasteiger charge is 2.21. The molecule has 1 aromatic heterocycles. The van der Waals surface area contributed by atoms with Crippen LogP contribution in [-0.4, -0.2) is 10.1 Å². The molecule has 0 atom stereocenters. The van der Waals surface area contributed by atoms with E-state index in [0.29, 0.717) is 5.75 Å². The third-order valence-corrected chi connectivity index (χ3v) is 3.31. The van der Waals surface area contributed by atoms with E-state index < -0.39 is 4.92 Å². The summed E-state index contributed by atoms with van der Waals surface area (Å²) in [6.45, 7) is 1.51. The number of nitro groups is 1. The summed E-state index contributed by atoms with van der Waals surface area (Å²) in [6.07, 6.45) is 3.28. The molecule has 0 unspecified atom stereocenters. The van der Waals surface area contributed by atoms with Gasteiger partial charge in [0.15, 0.2) is 5.69 Å². The molecule has 24 heavy (non-hydrogen) atoms. The molecule has 0 aliphatic heterocycles. The van der Waals surface area contributed by atoms with Crippen molar-refractivity contribution in [1.82, 2.24) is 5.16 Å². The molecule has 120 valence electrons. The number of aryl methyl sites for hydroxylation is 1. The number of ether oxygens (including phenoxy) is 1. The second-order valence-electron chi connectivity index (χ2n) is 5.05. The summed E-state index contributed by atoms with van der Waals surface area (Å²) in [5.74, 6) is 1.59. The van der Waals surface area contributed by atoms with Gasteiger partial charge in [0.25, 0.3) is 0 Å². The number of hydrogen-bond acceptors (Lipinski definition) is 5. The highest BCUT2D eigenvalue weighted by molar-refractivity contribution is 5.72. The lowest BCUT2D eigenvalue weighted by atomic mass is 10.2. The van der Waals surface area contributed by atoms with Crippen LogP contribution in [0.1, 0.15) is 17.0 Å². The Kier molecular flexibility index (Phi) is 4.38. The number of nitrogens with zero attached hydrogens (tertiary/aromatic N) is 2. The van der Waals surface area contributed by atoms with Crippen molar-refractivity contribution in [3.63, 3.8) is 0 Å². The number of aromatic nitrogens is 1. The molecule has 0 saturated carbocycles. The summed E-state index contributed by atoms with van der Waals surface area (Å²) in [5.41, 5.74) is 0.896. The van der Waals surface area contributed by atoms with Crippen LogP contribution in [0.25, 0.3) is 12.2 Å². The average Bonchev–Trinajstić information content (AvgIpc) is 2.95. The van der Waals surface area contributed by atoms with Gasteiger partial charge < -0.3 is 9.26 Å². The maximum atomic E-state index is 11.0. The van der Waals surface area contributed by atoms with Crippen molar-refractivity contribution in [3.05, 3.63) is 81.7 Å². The fourth-order valence-corrected chi connectivity index (χ4v) is 2.20. The summed E-state index contributed by atoms with van der Waals surface area (Å²) in [5, 5.41) is 14.7. The molecular formula is C18H14N2O4. The number of benzene rings is 2. The Labute approximate surface area is 138 Å². The third kappa shape index (κ3) is 3.49. The Morgan fingerprint density at radius 2 is 1.83 bits per heavy atom. The van der Waals surface area contributed by atoms with Crippen LogP contribution in [0.5, 0.6) is 11.5 Å². The zero-order chi connectivity index (χ0) is 16.9. The maximum absolute atomic E-state index is 11.0. The van der Waals surface area contributed by atoms with Crippen molar-refractivity contribution < 1.29 is 14.2 Å². The Balaban J connectivity index is 1.81. The summed E-state index contributed by atoms with van der Waals surface area (Å²) in [4.78, 5) is 10.5. The van der Waals surface area contributed by atoms with Crippen molar-refractivity contribution in [2.24, 2.45) is 0 Å². The summed E-state index contributed by atoms with van der Waals surface area (Å²) < 4.78 is 10.6. The molecule has 6 nitrogen and oxygen atoms in total. The van der Waals surface area contributed by atoms with Crippen LogP contribution in [0.3, 0.4) is 0 Å². The molecule has 0 N–H and O–H groups in total.